The minimum absolute atomic E-state index is 0. The number of benzene rings is 1. The number of hydrogen-bond acceptors (Lipinski definition) is 4. The Hall–Kier alpha value is -1.63. The number of carbonyl (C=O) groups is 2. The first-order valence-corrected chi connectivity index (χ1v) is 10.6. The number of nitrogens with zero attached hydrogens (tertiary/aromatic N) is 1. The molecule has 0 aliphatic carbocycles. The molecule has 6 nitrogen and oxygen atoms in total. The Morgan fingerprint density at radius 2 is 1.93 bits per heavy atom. The second-order valence-corrected chi connectivity index (χ2v) is 8.46. The molecule has 0 saturated carbocycles. The molecule has 1 aromatic carbocycles. The van der Waals surface area contributed by atoms with Gasteiger partial charge in [0.1, 0.15) is 0 Å². The van der Waals surface area contributed by atoms with Crippen LogP contribution in [-0.4, -0.2) is 55.5 Å². The molecule has 2 fully saturated rings. The molecular weight excluding hydrogens is 388 g/mol. The lowest BCUT2D eigenvalue weighted by atomic mass is 9.98. The van der Waals surface area contributed by atoms with E-state index in [4.69, 9.17) is 0 Å². The van der Waals surface area contributed by atoms with E-state index in [1.807, 2.05) is 12.1 Å². The molecule has 162 valence electrons. The summed E-state index contributed by atoms with van der Waals surface area (Å²) in [6.45, 7) is 8.16. The zero-order chi connectivity index (χ0) is 19.9. The van der Waals surface area contributed by atoms with E-state index in [0.29, 0.717) is 24.9 Å². The average Bonchev–Trinajstić information content (AvgIpc) is 3.21. The van der Waals surface area contributed by atoms with Crippen LogP contribution in [0.1, 0.15) is 51.0 Å². The molecule has 2 unspecified atom stereocenters. The zero-order valence-corrected chi connectivity index (χ0v) is 18.4. The second kappa shape index (κ2) is 11.5. The number of piperidine rings is 1. The Kier molecular flexibility index (Phi) is 9.40. The summed E-state index contributed by atoms with van der Waals surface area (Å²) >= 11 is 0. The van der Waals surface area contributed by atoms with E-state index in [1.165, 1.54) is 5.56 Å². The van der Waals surface area contributed by atoms with E-state index in [9.17, 15) is 9.59 Å². The van der Waals surface area contributed by atoms with Gasteiger partial charge in [0.2, 0.25) is 11.8 Å². The summed E-state index contributed by atoms with van der Waals surface area (Å²) in [6, 6.07) is 8.06. The Balaban J connectivity index is 0.00000300. The first kappa shape index (κ1) is 23.6. The number of anilines is 1. The molecule has 1 aromatic rings. The smallest absolute Gasteiger partial charge is 0.238 e. The minimum atomic E-state index is -0.0208. The van der Waals surface area contributed by atoms with Gasteiger partial charge in [0.05, 0.1) is 12.6 Å². The van der Waals surface area contributed by atoms with Gasteiger partial charge >= 0.3 is 0 Å². The number of likely N-dealkylation sites (tertiary alicyclic amines) is 1. The van der Waals surface area contributed by atoms with Crippen LogP contribution in [0.5, 0.6) is 0 Å². The average molecular weight is 423 g/mol. The van der Waals surface area contributed by atoms with Crippen molar-refractivity contribution >= 4 is 29.9 Å². The van der Waals surface area contributed by atoms with Gasteiger partial charge in [-0.3, -0.25) is 14.5 Å². The Labute approximate surface area is 180 Å². The van der Waals surface area contributed by atoms with E-state index in [0.717, 1.165) is 51.0 Å². The lowest BCUT2D eigenvalue weighted by Gasteiger charge is -2.32. The van der Waals surface area contributed by atoms with Crippen molar-refractivity contribution in [3.63, 3.8) is 0 Å². The van der Waals surface area contributed by atoms with Gasteiger partial charge in [-0.2, -0.15) is 0 Å². The minimum Gasteiger partial charge on any atom is -0.354 e. The maximum Gasteiger partial charge on any atom is 0.238 e. The van der Waals surface area contributed by atoms with Gasteiger partial charge in [-0.25, -0.2) is 0 Å². The number of hydrogen-bond donors (Lipinski definition) is 3. The van der Waals surface area contributed by atoms with E-state index in [1.54, 1.807) is 0 Å². The number of carbonyl (C=O) groups excluding carboxylic acids is 2. The van der Waals surface area contributed by atoms with Crippen molar-refractivity contribution in [2.75, 3.05) is 38.0 Å². The van der Waals surface area contributed by atoms with Crippen LogP contribution in [0.25, 0.3) is 0 Å². The van der Waals surface area contributed by atoms with Gasteiger partial charge in [0.25, 0.3) is 0 Å². The van der Waals surface area contributed by atoms with E-state index >= 15 is 0 Å². The molecule has 3 rings (SSSR count). The SMILES string of the molecule is CC(C)c1ccc(NC(=O)CN2CCCC(CNC(=O)C3CCCN3)C2)cc1.Cl. The van der Waals surface area contributed by atoms with Gasteiger partial charge in [-0.1, -0.05) is 26.0 Å². The van der Waals surface area contributed by atoms with Crippen LogP contribution in [0.4, 0.5) is 5.69 Å². The molecule has 0 spiro atoms. The summed E-state index contributed by atoms with van der Waals surface area (Å²) < 4.78 is 0. The molecular formula is C22H35ClN4O2. The summed E-state index contributed by atoms with van der Waals surface area (Å²) in [5.41, 5.74) is 2.12. The van der Waals surface area contributed by atoms with Gasteiger partial charge in [0, 0.05) is 18.8 Å². The highest BCUT2D eigenvalue weighted by Crippen LogP contribution is 2.18. The lowest BCUT2D eigenvalue weighted by Crippen LogP contribution is -2.46. The van der Waals surface area contributed by atoms with Crippen LogP contribution in [0, 0.1) is 5.92 Å². The lowest BCUT2D eigenvalue weighted by molar-refractivity contribution is -0.123. The molecule has 2 atom stereocenters. The van der Waals surface area contributed by atoms with Gasteiger partial charge in [-0.15, -0.1) is 12.4 Å². The summed E-state index contributed by atoms with van der Waals surface area (Å²) in [4.78, 5) is 26.8. The molecule has 29 heavy (non-hydrogen) atoms. The van der Waals surface area contributed by atoms with Crippen LogP contribution >= 0.6 is 12.4 Å². The highest BCUT2D eigenvalue weighted by molar-refractivity contribution is 5.92. The predicted molar refractivity (Wildman–Crippen MR) is 120 cm³/mol. The third-order valence-electron chi connectivity index (χ3n) is 5.77. The molecule has 3 N–H and O–H groups in total. The van der Waals surface area contributed by atoms with E-state index in [2.05, 4.69) is 46.8 Å². The third-order valence-corrected chi connectivity index (χ3v) is 5.77. The van der Waals surface area contributed by atoms with E-state index in [-0.39, 0.29) is 30.3 Å². The third kappa shape index (κ3) is 7.28. The highest BCUT2D eigenvalue weighted by Gasteiger charge is 2.25. The van der Waals surface area contributed by atoms with Crippen molar-refractivity contribution in [2.45, 2.75) is 51.5 Å². The van der Waals surface area contributed by atoms with Crippen LogP contribution in [-0.2, 0) is 9.59 Å². The fourth-order valence-corrected chi connectivity index (χ4v) is 4.09. The fraction of sp³-hybridized carbons (Fsp3) is 0.636. The van der Waals surface area contributed by atoms with Crippen LogP contribution in [0.2, 0.25) is 0 Å². The summed E-state index contributed by atoms with van der Waals surface area (Å²) in [6.07, 6.45) is 4.18. The number of halogens is 1. The molecule has 2 aliphatic heterocycles. The Morgan fingerprint density at radius 1 is 1.17 bits per heavy atom. The first-order valence-electron chi connectivity index (χ1n) is 10.6. The van der Waals surface area contributed by atoms with Gasteiger partial charge in [0.15, 0.2) is 0 Å². The summed E-state index contributed by atoms with van der Waals surface area (Å²) in [5.74, 6) is 1.05. The molecule has 7 heteroatoms. The van der Waals surface area contributed by atoms with Crippen LogP contribution in [0.15, 0.2) is 24.3 Å². The number of amides is 2. The molecule has 0 aromatic heterocycles. The zero-order valence-electron chi connectivity index (χ0n) is 17.6. The Bertz CT molecular complexity index is 659. The number of rotatable bonds is 7. The largest absolute Gasteiger partial charge is 0.354 e. The topological polar surface area (TPSA) is 73.5 Å². The van der Waals surface area contributed by atoms with Crippen molar-refractivity contribution in [3.8, 4) is 0 Å². The van der Waals surface area contributed by atoms with Crippen molar-refractivity contribution in [3.05, 3.63) is 29.8 Å². The maximum absolute atomic E-state index is 12.4. The normalized spacial score (nSPS) is 22.2. The summed E-state index contributed by atoms with van der Waals surface area (Å²) in [5, 5.41) is 9.33. The second-order valence-electron chi connectivity index (χ2n) is 8.46. The number of nitrogens with one attached hydrogen (secondary N) is 3. The molecule has 0 bridgehead atoms. The monoisotopic (exact) mass is 422 g/mol. The summed E-state index contributed by atoms with van der Waals surface area (Å²) in [7, 11) is 0. The van der Waals surface area contributed by atoms with Crippen molar-refractivity contribution < 1.29 is 9.59 Å². The Morgan fingerprint density at radius 3 is 2.59 bits per heavy atom. The molecule has 2 heterocycles. The molecule has 2 saturated heterocycles. The maximum atomic E-state index is 12.4. The first-order chi connectivity index (χ1) is 13.5. The van der Waals surface area contributed by atoms with Gasteiger partial charge < -0.3 is 16.0 Å². The van der Waals surface area contributed by atoms with Crippen LogP contribution in [0.3, 0.4) is 0 Å². The quantitative estimate of drug-likeness (QED) is 0.631. The van der Waals surface area contributed by atoms with E-state index < -0.39 is 0 Å². The van der Waals surface area contributed by atoms with Crippen molar-refractivity contribution in [1.82, 2.24) is 15.5 Å². The van der Waals surface area contributed by atoms with Crippen molar-refractivity contribution in [1.29, 1.82) is 0 Å². The van der Waals surface area contributed by atoms with Gasteiger partial charge in [-0.05, 0) is 68.3 Å². The molecule has 0 radical (unpaired) electrons. The molecule has 2 aliphatic rings. The highest BCUT2D eigenvalue weighted by atomic mass is 35.5. The van der Waals surface area contributed by atoms with Crippen molar-refractivity contribution in [2.24, 2.45) is 5.92 Å². The van der Waals surface area contributed by atoms with Crippen LogP contribution < -0.4 is 16.0 Å². The standard InChI is InChI=1S/C22H34N4O2.ClH/c1-16(2)18-7-9-19(10-8-18)25-21(27)15-26-12-4-5-17(14-26)13-24-22(28)20-6-3-11-23-20;/h7-10,16-17,20,23H,3-6,11-15H2,1-2H3,(H,24,28)(H,25,27);1H. The predicted octanol–water partition coefficient (Wildman–Crippen LogP) is 2.75. The molecule has 2 amide bonds. The fourth-order valence-electron chi connectivity index (χ4n) is 4.09.